The zero-order valence-corrected chi connectivity index (χ0v) is 17.1. The van der Waals surface area contributed by atoms with E-state index in [0.29, 0.717) is 48.7 Å². The van der Waals surface area contributed by atoms with Crippen molar-refractivity contribution in [3.05, 3.63) is 53.1 Å². The topological polar surface area (TPSA) is 58.4 Å². The molecule has 3 heterocycles. The molecule has 0 N–H and O–H groups in total. The molecule has 1 saturated heterocycles. The summed E-state index contributed by atoms with van der Waals surface area (Å²) in [6, 6.07) is 4.87. The lowest BCUT2D eigenvalue weighted by Gasteiger charge is -2.21. The Labute approximate surface area is 173 Å². The van der Waals surface area contributed by atoms with E-state index in [1.54, 1.807) is 43.3 Å². The van der Waals surface area contributed by atoms with E-state index in [1.165, 1.54) is 6.07 Å². The minimum absolute atomic E-state index is 0.0683. The Kier molecular flexibility index (Phi) is 6.60. The highest BCUT2D eigenvalue weighted by Gasteiger charge is 2.30. The number of hydrogen-bond acceptors (Lipinski definition) is 4. The number of ketones is 1. The largest absolute Gasteiger partial charge is 0.406 e. The van der Waals surface area contributed by atoms with Crippen molar-refractivity contribution in [1.29, 1.82) is 0 Å². The quantitative estimate of drug-likeness (QED) is 0.695. The second kappa shape index (κ2) is 8.99. The second-order valence-corrected chi connectivity index (χ2v) is 7.57. The maximum Gasteiger partial charge on any atom is 0.406 e. The molecule has 30 heavy (non-hydrogen) atoms. The molecule has 2 aromatic rings. The highest BCUT2D eigenvalue weighted by molar-refractivity contribution is 5.99. The van der Waals surface area contributed by atoms with Gasteiger partial charge in [-0.3, -0.25) is 19.5 Å². The normalized spacial score (nSPS) is 15.8. The number of rotatable bonds is 5. The van der Waals surface area contributed by atoms with E-state index in [0.717, 1.165) is 11.0 Å². The van der Waals surface area contributed by atoms with Crippen LogP contribution in [0.5, 0.6) is 0 Å². The van der Waals surface area contributed by atoms with Crippen molar-refractivity contribution in [2.45, 2.75) is 33.0 Å². The smallest absolute Gasteiger partial charge is 0.339 e. The van der Waals surface area contributed by atoms with Crippen molar-refractivity contribution in [2.75, 3.05) is 32.7 Å². The van der Waals surface area contributed by atoms with Crippen LogP contribution < -0.4 is 0 Å². The van der Waals surface area contributed by atoms with Gasteiger partial charge in [0.05, 0.1) is 6.54 Å². The number of nitrogens with zero attached hydrogens (tertiary/aromatic N) is 4. The molecule has 1 aliphatic rings. The zero-order valence-electron chi connectivity index (χ0n) is 17.1. The van der Waals surface area contributed by atoms with Crippen LogP contribution in [0.25, 0.3) is 0 Å². The fraction of sp³-hybridized carbons (Fsp3) is 0.476. The molecule has 0 saturated carbocycles. The summed E-state index contributed by atoms with van der Waals surface area (Å²) >= 11 is 0. The van der Waals surface area contributed by atoms with Gasteiger partial charge in [0.15, 0.2) is 5.78 Å². The molecule has 9 heteroatoms. The molecule has 0 aliphatic carbocycles. The van der Waals surface area contributed by atoms with Crippen LogP contribution in [0.4, 0.5) is 13.2 Å². The first-order valence-electron chi connectivity index (χ1n) is 9.84. The third-order valence-corrected chi connectivity index (χ3v) is 5.38. The van der Waals surface area contributed by atoms with Crippen LogP contribution in [0.3, 0.4) is 0 Å². The Morgan fingerprint density at radius 2 is 1.77 bits per heavy atom. The van der Waals surface area contributed by atoms with Crippen LogP contribution in [0.15, 0.2) is 30.6 Å². The Balaban J connectivity index is 1.63. The number of hydrogen-bond donors (Lipinski definition) is 0. The number of alkyl halides is 3. The molecule has 0 spiro atoms. The van der Waals surface area contributed by atoms with Crippen LogP contribution in [-0.4, -0.2) is 69.9 Å². The van der Waals surface area contributed by atoms with Crippen LogP contribution in [0.2, 0.25) is 0 Å². The monoisotopic (exact) mass is 422 g/mol. The van der Waals surface area contributed by atoms with Gasteiger partial charge in [-0.15, -0.1) is 0 Å². The molecular weight excluding hydrogens is 397 g/mol. The van der Waals surface area contributed by atoms with Gasteiger partial charge in [-0.2, -0.15) is 13.2 Å². The van der Waals surface area contributed by atoms with E-state index in [1.807, 2.05) is 4.90 Å². The number of aromatic nitrogens is 2. The lowest BCUT2D eigenvalue weighted by atomic mass is 10.1. The Bertz CT molecular complexity index is 909. The predicted octanol–water partition coefficient (Wildman–Crippen LogP) is 3.09. The van der Waals surface area contributed by atoms with E-state index in [4.69, 9.17) is 0 Å². The molecule has 162 valence electrons. The highest BCUT2D eigenvalue weighted by Crippen LogP contribution is 2.23. The molecule has 0 aromatic carbocycles. The Morgan fingerprint density at radius 1 is 1.07 bits per heavy atom. The molecule has 0 radical (unpaired) electrons. The van der Waals surface area contributed by atoms with Crippen molar-refractivity contribution in [1.82, 2.24) is 19.4 Å². The molecular formula is C21H25F3N4O2. The molecule has 0 bridgehead atoms. The zero-order chi connectivity index (χ0) is 21.9. The molecule has 2 aromatic heterocycles. The molecule has 0 atom stereocenters. The number of halogens is 3. The summed E-state index contributed by atoms with van der Waals surface area (Å²) in [6.45, 7) is 4.39. The van der Waals surface area contributed by atoms with Crippen molar-refractivity contribution in [3.63, 3.8) is 0 Å². The predicted molar refractivity (Wildman–Crippen MR) is 105 cm³/mol. The van der Waals surface area contributed by atoms with Gasteiger partial charge in [-0.25, -0.2) is 0 Å². The van der Waals surface area contributed by atoms with Crippen LogP contribution in [-0.2, 0) is 6.54 Å². The van der Waals surface area contributed by atoms with Crippen molar-refractivity contribution in [2.24, 2.45) is 0 Å². The number of carbonyl (C=O) groups is 2. The summed E-state index contributed by atoms with van der Waals surface area (Å²) in [7, 11) is 0. The van der Waals surface area contributed by atoms with Gasteiger partial charge in [-0.1, -0.05) is 0 Å². The van der Waals surface area contributed by atoms with E-state index in [-0.39, 0.29) is 18.2 Å². The minimum atomic E-state index is -4.34. The molecule has 3 rings (SSSR count). The van der Waals surface area contributed by atoms with Gasteiger partial charge in [0.1, 0.15) is 6.54 Å². The van der Waals surface area contributed by atoms with Gasteiger partial charge in [-0.05, 0) is 38.5 Å². The number of carbonyl (C=O) groups excluding carboxylic acids is 2. The first-order valence-corrected chi connectivity index (χ1v) is 9.84. The maximum absolute atomic E-state index is 12.8. The van der Waals surface area contributed by atoms with Gasteiger partial charge in [0, 0.05) is 61.1 Å². The average molecular weight is 422 g/mol. The Hall–Kier alpha value is -2.68. The summed E-state index contributed by atoms with van der Waals surface area (Å²) < 4.78 is 39.5. The number of aryl methyl sites for hydroxylation is 1. The van der Waals surface area contributed by atoms with Crippen molar-refractivity contribution in [3.8, 4) is 0 Å². The van der Waals surface area contributed by atoms with Crippen LogP contribution in [0.1, 0.15) is 38.5 Å². The van der Waals surface area contributed by atoms with Gasteiger partial charge < -0.3 is 9.47 Å². The first-order chi connectivity index (χ1) is 14.2. The summed E-state index contributed by atoms with van der Waals surface area (Å²) in [5.41, 5.74) is 1.65. The third-order valence-electron chi connectivity index (χ3n) is 5.38. The molecule has 1 aliphatic heterocycles. The third kappa shape index (κ3) is 5.27. The number of Topliss-reactive ketones (excluding diaryl/α,β-unsaturated/α-hetero) is 1. The fourth-order valence-electron chi connectivity index (χ4n) is 3.80. The Morgan fingerprint density at radius 3 is 2.43 bits per heavy atom. The van der Waals surface area contributed by atoms with E-state index >= 15 is 0 Å². The van der Waals surface area contributed by atoms with Gasteiger partial charge in [0.2, 0.25) is 0 Å². The summed E-state index contributed by atoms with van der Waals surface area (Å²) in [5, 5.41) is 0. The van der Waals surface area contributed by atoms with Crippen molar-refractivity contribution >= 4 is 11.7 Å². The van der Waals surface area contributed by atoms with Crippen LogP contribution >= 0.6 is 0 Å². The fourth-order valence-corrected chi connectivity index (χ4v) is 3.80. The van der Waals surface area contributed by atoms with E-state index < -0.39 is 12.7 Å². The van der Waals surface area contributed by atoms with E-state index in [2.05, 4.69) is 4.98 Å². The number of pyridine rings is 1. The summed E-state index contributed by atoms with van der Waals surface area (Å²) in [4.78, 5) is 33.0. The average Bonchev–Trinajstić information content (AvgIpc) is 2.87. The van der Waals surface area contributed by atoms with Gasteiger partial charge >= 0.3 is 6.18 Å². The SMILES string of the molecule is Cc1cc(C(=O)CN2CCCN(C(=O)c3ccncc3)CC2)c(C)n1CC(F)(F)F. The summed E-state index contributed by atoms with van der Waals surface area (Å²) in [5.74, 6) is -0.272. The number of amides is 1. The lowest BCUT2D eigenvalue weighted by Crippen LogP contribution is -2.36. The minimum Gasteiger partial charge on any atom is -0.339 e. The molecule has 1 amide bonds. The molecule has 0 unspecified atom stereocenters. The lowest BCUT2D eigenvalue weighted by molar-refractivity contribution is -0.141. The first kappa shape index (κ1) is 22.0. The standard InChI is InChI=1S/C21H25F3N4O2/c1-15-12-18(16(2)28(15)14-21(22,23)24)19(29)13-26-8-3-9-27(11-10-26)20(30)17-4-6-25-7-5-17/h4-7,12H,3,8-11,13-14H2,1-2H3. The molecule has 6 nitrogen and oxygen atoms in total. The maximum atomic E-state index is 12.8. The van der Waals surface area contributed by atoms with Crippen molar-refractivity contribution < 1.29 is 22.8 Å². The van der Waals surface area contributed by atoms with E-state index in [9.17, 15) is 22.8 Å². The highest BCUT2D eigenvalue weighted by atomic mass is 19.4. The second-order valence-electron chi connectivity index (χ2n) is 7.57. The molecule has 1 fully saturated rings. The summed E-state index contributed by atoms with van der Waals surface area (Å²) in [6.07, 6.45) is -0.474. The van der Waals surface area contributed by atoms with Crippen LogP contribution in [0, 0.1) is 13.8 Å². The van der Waals surface area contributed by atoms with Gasteiger partial charge in [0.25, 0.3) is 5.91 Å².